The Morgan fingerprint density at radius 2 is 2.05 bits per heavy atom. The van der Waals surface area contributed by atoms with Crippen molar-refractivity contribution in [2.24, 2.45) is 0 Å². The van der Waals surface area contributed by atoms with Crippen LogP contribution < -0.4 is 10.4 Å². The fourth-order valence-electron chi connectivity index (χ4n) is 4.15. The highest BCUT2D eigenvalue weighted by atomic mass is 14.3. The molecule has 0 fully saturated rings. The molecule has 0 radical (unpaired) electrons. The van der Waals surface area contributed by atoms with E-state index in [2.05, 4.69) is 63.3 Å². The summed E-state index contributed by atoms with van der Waals surface area (Å²) in [5, 5.41) is 5.83. The highest BCUT2D eigenvalue weighted by molar-refractivity contribution is 5.91. The normalized spacial score (nSPS) is 22.0. The third-order valence-corrected chi connectivity index (χ3v) is 5.47. The van der Waals surface area contributed by atoms with Crippen molar-refractivity contribution in [3.63, 3.8) is 0 Å². The lowest BCUT2D eigenvalue weighted by molar-refractivity contribution is 0.613. The lowest BCUT2D eigenvalue weighted by Gasteiger charge is -2.33. The van der Waals surface area contributed by atoms with E-state index >= 15 is 0 Å². The summed E-state index contributed by atoms with van der Waals surface area (Å²) in [7, 11) is 0. The van der Waals surface area contributed by atoms with Gasteiger partial charge in [-0.15, -0.1) is 0 Å². The number of allylic oxidation sites excluding steroid dienone is 2. The van der Waals surface area contributed by atoms with Crippen molar-refractivity contribution in [1.29, 1.82) is 0 Å². The predicted octanol–water partition coefficient (Wildman–Crippen LogP) is 4.36. The average molecular weight is 288 g/mol. The molecule has 1 unspecified atom stereocenters. The molecule has 2 aromatic carbocycles. The third kappa shape index (κ3) is 1.90. The van der Waals surface area contributed by atoms with E-state index in [9.17, 15) is 0 Å². The number of aryl methyl sites for hydroxylation is 1. The SMILES string of the molecule is CCCCc1cc2c3c4c(ccc3c1)=C(C)C=CC4(C)CC=2. The summed E-state index contributed by atoms with van der Waals surface area (Å²) in [6.07, 6.45) is 12.0. The minimum atomic E-state index is 0.173. The molecule has 2 aliphatic carbocycles. The molecule has 112 valence electrons. The predicted molar refractivity (Wildman–Crippen MR) is 96.5 cm³/mol. The summed E-state index contributed by atoms with van der Waals surface area (Å²) in [6, 6.07) is 9.52. The van der Waals surface area contributed by atoms with Crippen LogP contribution in [0, 0.1) is 0 Å². The first-order chi connectivity index (χ1) is 10.6. The number of hydrogen-bond donors (Lipinski definition) is 0. The molecule has 0 saturated heterocycles. The van der Waals surface area contributed by atoms with E-state index in [1.54, 1.807) is 5.56 Å². The van der Waals surface area contributed by atoms with Gasteiger partial charge in [-0.1, -0.05) is 62.8 Å². The molecule has 0 nitrogen and oxygen atoms in total. The molecule has 0 heteroatoms. The summed E-state index contributed by atoms with van der Waals surface area (Å²) in [5.74, 6) is 0. The van der Waals surface area contributed by atoms with Gasteiger partial charge in [-0.3, -0.25) is 0 Å². The Hall–Kier alpha value is -1.82. The molecule has 4 rings (SSSR count). The lowest BCUT2D eigenvalue weighted by atomic mass is 9.70. The van der Waals surface area contributed by atoms with Gasteiger partial charge in [0.05, 0.1) is 0 Å². The van der Waals surface area contributed by atoms with Gasteiger partial charge < -0.3 is 0 Å². The van der Waals surface area contributed by atoms with Crippen molar-refractivity contribution in [3.05, 3.63) is 58.0 Å². The molecule has 0 aliphatic heterocycles. The van der Waals surface area contributed by atoms with Crippen LogP contribution in [0.25, 0.3) is 22.4 Å². The summed E-state index contributed by atoms with van der Waals surface area (Å²) < 4.78 is 0. The van der Waals surface area contributed by atoms with Gasteiger partial charge in [0.15, 0.2) is 0 Å². The van der Waals surface area contributed by atoms with E-state index < -0.39 is 0 Å². The molecule has 22 heavy (non-hydrogen) atoms. The monoisotopic (exact) mass is 288 g/mol. The second-order valence-electron chi connectivity index (χ2n) is 7.22. The number of benzene rings is 2. The molecule has 0 saturated carbocycles. The molecule has 0 bridgehead atoms. The molecule has 0 spiro atoms. The first kappa shape index (κ1) is 13.8. The van der Waals surface area contributed by atoms with Crippen molar-refractivity contribution in [2.75, 3.05) is 0 Å². The number of unbranched alkanes of at least 4 members (excludes halogenated alkanes) is 1. The van der Waals surface area contributed by atoms with Crippen molar-refractivity contribution in [1.82, 2.24) is 0 Å². The third-order valence-electron chi connectivity index (χ3n) is 5.47. The second-order valence-corrected chi connectivity index (χ2v) is 7.22. The highest BCUT2D eigenvalue weighted by Gasteiger charge is 2.30. The minimum absolute atomic E-state index is 0.173. The van der Waals surface area contributed by atoms with E-state index in [0.29, 0.717) is 0 Å². The second kappa shape index (κ2) is 4.84. The summed E-state index contributed by atoms with van der Waals surface area (Å²) in [5.41, 5.74) is 4.63. The molecule has 2 aromatic rings. The standard InChI is InChI=1S/C22H24/c1-4-5-6-16-13-17-7-8-19-15(2)9-11-22(3)12-10-18(14-16)20(17)21(19)22/h7-11,13-14H,4-6,12H2,1-3H3. The fraction of sp³-hybridized carbons (Fsp3) is 0.364. The van der Waals surface area contributed by atoms with E-state index in [4.69, 9.17) is 0 Å². The van der Waals surface area contributed by atoms with E-state index in [0.717, 1.165) is 6.42 Å². The molecule has 0 heterocycles. The molecule has 2 aliphatic rings. The van der Waals surface area contributed by atoms with E-state index in [1.165, 1.54) is 51.6 Å². The van der Waals surface area contributed by atoms with Gasteiger partial charge in [-0.2, -0.15) is 0 Å². The molecule has 0 N–H and O–H groups in total. The topological polar surface area (TPSA) is 0 Å². The summed E-state index contributed by atoms with van der Waals surface area (Å²) in [4.78, 5) is 0. The van der Waals surface area contributed by atoms with Crippen LogP contribution >= 0.6 is 0 Å². The van der Waals surface area contributed by atoms with Crippen LogP contribution in [-0.2, 0) is 11.8 Å². The zero-order valence-corrected chi connectivity index (χ0v) is 13.9. The zero-order chi connectivity index (χ0) is 15.3. The van der Waals surface area contributed by atoms with Crippen LogP contribution in [0.15, 0.2) is 36.4 Å². The number of rotatable bonds is 3. The van der Waals surface area contributed by atoms with Crippen LogP contribution in [0.1, 0.15) is 51.2 Å². The van der Waals surface area contributed by atoms with Gasteiger partial charge in [-0.25, -0.2) is 0 Å². The Morgan fingerprint density at radius 1 is 1.18 bits per heavy atom. The van der Waals surface area contributed by atoms with Crippen molar-refractivity contribution < 1.29 is 0 Å². The lowest BCUT2D eigenvalue weighted by Crippen LogP contribution is -2.35. The van der Waals surface area contributed by atoms with Crippen LogP contribution in [0.5, 0.6) is 0 Å². The zero-order valence-electron chi connectivity index (χ0n) is 13.9. The Labute approximate surface area is 132 Å². The van der Waals surface area contributed by atoms with Gasteiger partial charge in [0.1, 0.15) is 0 Å². The van der Waals surface area contributed by atoms with Gasteiger partial charge in [0, 0.05) is 5.41 Å². The van der Waals surface area contributed by atoms with E-state index in [-0.39, 0.29) is 5.41 Å². The van der Waals surface area contributed by atoms with Gasteiger partial charge in [0.2, 0.25) is 0 Å². The number of hydrogen-bond acceptors (Lipinski definition) is 0. The molecule has 1 atom stereocenters. The largest absolute Gasteiger partial charge is 0.0754 e. The van der Waals surface area contributed by atoms with Crippen LogP contribution in [0.2, 0.25) is 0 Å². The fourth-order valence-corrected chi connectivity index (χ4v) is 4.15. The Balaban J connectivity index is 2.08. The average Bonchev–Trinajstić information content (AvgIpc) is 2.53. The van der Waals surface area contributed by atoms with Crippen molar-refractivity contribution in [3.8, 4) is 0 Å². The molecular formula is C22H24. The first-order valence-electron chi connectivity index (χ1n) is 8.59. The quantitative estimate of drug-likeness (QED) is 0.787. The smallest absolute Gasteiger partial charge is 0.0154 e. The molecule has 0 aromatic heterocycles. The molecular weight excluding hydrogens is 264 g/mol. The van der Waals surface area contributed by atoms with Crippen LogP contribution in [0.4, 0.5) is 0 Å². The minimum Gasteiger partial charge on any atom is -0.0754 e. The van der Waals surface area contributed by atoms with Crippen LogP contribution in [0.3, 0.4) is 0 Å². The van der Waals surface area contributed by atoms with Gasteiger partial charge >= 0.3 is 0 Å². The van der Waals surface area contributed by atoms with Gasteiger partial charge in [-0.05, 0) is 64.1 Å². The molecule has 0 amide bonds. The Kier molecular flexibility index (Phi) is 3.04. The van der Waals surface area contributed by atoms with E-state index in [1.807, 2.05) is 0 Å². The maximum Gasteiger partial charge on any atom is 0.0154 e. The van der Waals surface area contributed by atoms with Crippen molar-refractivity contribution in [2.45, 2.75) is 51.9 Å². The maximum absolute atomic E-state index is 2.46. The van der Waals surface area contributed by atoms with Crippen molar-refractivity contribution >= 4 is 22.4 Å². The highest BCUT2D eigenvalue weighted by Crippen LogP contribution is 2.37. The Bertz CT molecular complexity index is 911. The van der Waals surface area contributed by atoms with Crippen LogP contribution in [-0.4, -0.2) is 0 Å². The first-order valence-corrected chi connectivity index (χ1v) is 8.59. The summed E-state index contributed by atoms with van der Waals surface area (Å²) >= 11 is 0. The van der Waals surface area contributed by atoms with Gasteiger partial charge in [0.25, 0.3) is 0 Å². The Morgan fingerprint density at radius 3 is 2.86 bits per heavy atom. The summed E-state index contributed by atoms with van der Waals surface area (Å²) in [6.45, 7) is 6.89. The maximum atomic E-state index is 2.46.